The average Bonchev–Trinajstić information content (AvgIpc) is 1.87. The van der Waals surface area contributed by atoms with Crippen LogP contribution in [0.2, 0.25) is 0 Å². The van der Waals surface area contributed by atoms with Crippen LogP contribution in [0.4, 0.5) is 0 Å². The molecule has 0 fully saturated rings. The maximum absolute atomic E-state index is 10.8. The quantitative estimate of drug-likeness (QED) is 0.323. The maximum Gasteiger partial charge on any atom is 1.00 e. The monoisotopic (exact) mass is 205 g/mol. The van der Waals surface area contributed by atoms with E-state index in [0.717, 1.165) is 0 Å². The Morgan fingerprint density at radius 2 is 2.18 bits per heavy atom. The van der Waals surface area contributed by atoms with E-state index in [2.05, 4.69) is 21.9 Å². The molecule has 0 bridgehead atoms. The molecule has 0 radical (unpaired) electrons. The number of rotatable bonds is 3. The summed E-state index contributed by atoms with van der Waals surface area (Å²) in [5, 5.41) is 2.06. The van der Waals surface area contributed by atoms with E-state index in [4.69, 9.17) is 0 Å². The summed E-state index contributed by atoms with van der Waals surface area (Å²) in [5.41, 5.74) is 0. The first kappa shape index (κ1) is 14.5. The number of carbonyl (C=O) groups excluding carboxylic acids is 1. The van der Waals surface area contributed by atoms with E-state index < -0.39 is 6.72 Å². The van der Waals surface area contributed by atoms with Crippen LogP contribution in [-0.4, -0.2) is 13.0 Å². The summed E-state index contributed by atoms with van der Waals surface area (Å²) in [5.74, 6) is -0.361. The maximum atomic E-state index is 10.8. The van der Waals surface area contributed by atoms with Gasteiger partial charge >= 0.3 is 29.6 Å². The minimum atomic E-state index is -3.26. The molecule has 11 heavy (non-hydrogen) atoms. The Bertz CT molecular complexity index is 177. The number of hydrogen-bond acceptors (Lipinski definition) is 4. The van der Waals surface area contributed by atoms with Gasteiger partial charge in [0.25, 0.3) is 0 Å². The van der Waals surface area contributed by atoms with Crippen LogP contribution in [-0.2, 0) is 26.1 Å². The van der Waals surface area contributed by atoms with E-state index in [1.807, 2.05) is 0 Å². The average molecular weight is 205 g/mol. The summed E-state index contributed by atoms with van der Waals surface area (Å²) < 4.78 is 15.2. The van der Waals surface area contributed by atoms with Gasteiger partial charge in [0.1, 0.15) is 0 Å². The van der Waals surface area contributed by atoms with E-state index >= 15 is 0 Å². The van der Waals surface area contributed by atoms with E-state index in [-0.39, 0.29) is 41.9 Å². The van der Waals surface area contributed by atoms with Gasteiger partial charge in [0.2, 0.25) is 5.91 Å². The number of carbonyl (C=O) groups is 1. The topological polar surface area (TPSA) is 55.4 Å². The van der Waals surface area contributed by atoms with Crippen molar-refractivity contribution in [2.75, 3.05) is 7.11 Å². The molecule has 4 nitrogen and oxygen atoms in total. The molecule has 0 saturated heterocycles. The van der Waals surface area contributed by atoms with Gasteiger partial charge in [-0.05, 0) is 0 Å². The van der Waals surface area contributed by atoms with Gasteiger partial charge in [0.15, 0.2) is 6.72 Å². The minimum Gasteiger partial charge on any atom is -0.667 e. The molecule has 1 unspecified atom stereocenters. The van der Waals surface area contributed by atoms with Crippen molar-refractivity contribution in [2.24, 2.45) is 0 Å². The van der Waals surface area contributed by atoms with Gasteiger partial charge in [0, 0.05) is 13.5 Å². The van der Waals surface area contributed by atoms with E-state index in [9.17, 15) is 9.36 Å². The second kappa shape index (κ2) is 6.52. The zero-order valence-corrected chi connectivity index (χ0v) is 10.5. The molecule has 1 atom stereocenters. The zero-order valence-electron chi connectivity index (χ0n) is 6.79. The summed E-state index contributed by atoms with van der Waals surface area (Å²) in [4.78, 5) is 10.6. The molecule has 1 amide bonds. The fraction of sp³-hybridized carbons (Fsp3) is 0.750. The SMILES string of the molecule is CCC(=O)NP(=O)([S-])OC.[Na+]. The normalized spacial score (nSPS) is 14.5. The minimum absolute atomic E-state index is 0. The van der Waals surface area contributed by atoms with Gasteiger partial charge in [-0.2, -0.15) is 0 Å². The first-order valence-electron chi connectivity index (χ1n) is 2.69. The van der Waals surface area contributed by atoms with Crippen LogP contribution in [0.1, 0.15) is 13.3 Å². The smallest absolute Gasteiger partial charge is 0.667 e. The van der Waals surface area contributed by atoms with Gasteiger partial charge in [-0.3, -0.25) is 9.36 Å². The molecule has 0 aliphatic heterocycles. The van der Waals surface area contributed by atoms with Crippen LogP contribution in [0.5, 0.6) is 0 Å². The number of nitrogens with one attached hydrogen (secondary N) is 1. The number of amides is 1. The fourth-order valence-corrected chi connectivity index (χ4v) is 1.14. The predicted molar refractivity (Wildman–Crippen MR) is 40.4 cm³/mol. The first-order chi connectivity index (χ1) is 4.52. The van der Waals surface area contributed by atoms with Crippen molar-refractivity contribution in [3.05, 3.63) is 0 Å². The van der Waals surface area contributed by atoms with Crippen molar-refractivity contribution in [3.63, 3.8) is 0 Å². The Morgan fingerprint density at radius 3 is 2.45 bits per heavy atom. The van der Waals surface area contributed by atoms with Crippen LogP contribution in [0.3, 0.4) is 0 Å². The molecular formula is C4H9NNaO3PS. The van der Waals surface area contributed by atoms with Crippen LogP contribution in [0.25, 0.3) is 0 Å². The Balaban J connectivity index is 0. The largest absolute Gasteiger partial charge is 1.00 e. The van der Waals surface area contributed by atoms with Crippen LogP contribution in [0.15, 0.2) is 0 Å². The molecule has 0 aliphatic carbocycles. The molecule has 7 heteroatoms. The number of hydrogen-bond donors (Lipinski definition) is 1. The summed E-state index contributed by atoms with van der Waals surface area (Å²) in [6.45, 7) is -1.62. The second-order valence-electron chi connectivity index (χ2n) is 1.57. The molecule has 60 valence electrons. The van der Waals surface area contributed by atoms with Crippen molar-refractivity contribution < 1.29 is 43.4 Å². The third kappa shape index (κ3) is 7.37. The third-order valence-corrected chi connectivity index (χ3v) is 2.55. The Morgan fingerprint density at radius 1 is 1.73 bits per heavy atom. The van der Waals surface area contributed by atoms with Crippen LogP contribution >= 0.6 is 6.72 Å². The van der Waals surface area contributed by atoms with E-state index in [1.165, 1.54) is 7.11 Å². The Labute approximate surface area is 93.4 Å². The predicted octanol–water partition coefficient (Wildman–Crippen LogP) is -2.18. The Kier molecular flexibility index (Phi) is 8.61. The molecule has 0 heterocycles. The standard InChI is InChI=1S/C4H10NO3PS.Na/c1-3-4(6)5-9(7,10)8-2;/h3H2,1-2H3,(H2,5,6,7,10);/q;+1/p-1. The van der Waals surface area contributed by atoms with Crippen molar-refractivity contribution in [3.8, 4) is 0 Å². The molecule has 0 aromatic heterocycles. The van der Waals surface area contributed by atoms with Crippen LogP contribution in [0, 0.1) is 0 Å². The molecule has 0 aromatic rings. The van der Waals surface area contributed by atoms with Gasteiger partial charge in [0.05, 0.1) is 0 Å². The van der Waals surface area contributed by atoms with Crippen molar-refractivity contribution in [2.45, 2.75) is 13.3 Å². The molecule has 0 spiro atoms. The van der Waals surface area contributed by atoms with E-state index in [0.29, 0.717) is 0 Å². The second-order valence-corrected chi connectivity index (χ2v) is 4.59. The molecular weight excluding hydrogens is 196 g/mol. The van der Waals surface area contributed by atoms with Gasteiger partial charge in [-0.1, -0.05) is 6.92 Å². The van der Waals surface area contributed by atoms with E-state index in [1.54, 1.807) is 6.92 Å². The molecule has 0 aliphatic rings. The summed E-state index contributed by atoms with van der Waals surface area (Å²) >= 11 is 4.39. The first-order valence-corrected chi connectivity index (χ1v) is 5.33. The van der Waals surface area contributed by atoms with Gasteiger partial charge < -0.3 is 21.9 Å². The van der Waals surface area contributed by atoms with Crippen molar-refractivity contribution in [1.82, 2.24) is 5.09 Å². The molecule has 0 aromatic carbocycles. The Hall–Kier alpha value is 1.01. The zero-order chi connectivity index (χ0) is 8.20. The van der Waals surface area contributed by atoms with Crippen molar-refractivity contribution in [1.29, 1.82) is 0 Å². The summed E-state index contributed by atoms with van der Waals surface area (Å²) in [7, 11) is 1.20. The van der Waals surface area contributed by atoms with Crippen LogP contribution < -0.4 is 34.6 Å². The fourth-order valence-electron chi connectivity index (χ4n) is 0.277. The summed E-state index contributed by atoms with van der Waals surface area (Å²) in [6, 6.07) is 0. The third-order valence-electron chi connectivity index (χ3n) is 0.823. The molecule has 0 rings (SSSR count). The van der Waals surface area contributed by atoms with Crippen molar-refractivity contribution >= 4 is 24.9 Å². The van der Waals surface area contributed by atoms with Gasteiger partial charge in [-0.15, -0.1) is 0 Å². The summed E-state index contributed by atoms with van der Waals surface area (Å²) in [6.07, 6.45) is 0.254. The van der Waals surface area contributed by atoms with Gasteiger partial charge in [-0.25, -0.2) is 0 Å². The molecule has 1 N–H and O–H groups in total. The molecule has 0 saturated carbocycles.